The zero-order chi connectivity index (χ0) is 22.1. The molecule has 32 heavy (non-hydrogen) atoms. The molecular weight excluding hydrogens is 416 g/mol. The summed E-state index contributed by atoms with van der Waals surface area (Å²) in [4.78, 5) is 27.7. The van der Waals surface area contributed by atoms with Gasteiger partial charge in [-0.3, -0.25) is 9.78 Å². The molecule has 0 bridgehead atoms. The summed E-state index contributed by atoms with van der Waals surface area (Å²) in [5.41, 5.74) is 6.47. The first kappa shape index (κ1) is 20.2. The molecule has 0 fully saturated rings. The Kier molecular flexibility index (Phi) is 5.29. The van der Waals surface area contributed by atoms with Crippen molar-refractivity contribution in [1.82, 2.24) is 15.0 Å². The van der Waals surface area contributed by atoms with Gasteiger partial charge in [-0.15, -0.1) is 11.3 Å². The minimum atomic E-state index is -0.205. The molecule has 3 aromatic heterocycles. The Hall–Kier alpha value is -3.77. The van der Waals surface area contributed by atoms with E-state index in [1.165, 1.54) is 21.6 Å². The summed E-state index contributed by atoms with van der Waals surface area (Å²) in [6, 6.07) is 19.7. The summed E-state index contributed by atoms with van der Waals surface area (Å²) in [6.07, 6.45) is 4.25. The summed E-state index contributed by atoms with van der Waals surface area (Å²) in [5, 5.41) is 2.90. The molecule has 0 saturated heterocycles. The van der Waals surface area contributed by atoms with Crippen LogP contribution in [0.4, 0.5) is 5.69 Å². The molecule has 3 heterocycles. The Bertz CT molecular complexity index is 1400. The first-order valence-corrected chi connectivity index (χ1v) is 11.4. The van der Waals surface area contributed by atoms with Crippen molar-refractivity contribution in [2.45, 2.75) is 20.3 Å². The molecule has 0 aliphatic carbocycles. The number of fused-ring (bicyclic) bond motifs is 1. The molecule has 0 atom stereocenters. The molecule has 5 nitrogen and oxygen atoms in total. The van der Waals surface area contributed by atoms with Gasteiger partial charge in [-0.25, -0.2) is 4.98 Å². The number of nitrogens with zero attached hydrogens (tertiary/aromatic N) is 2. The first-order valence-electron chi connectivity index (χ1n) is 10.5. The molecule has 0 spiro atoms. The van der Waals surface area contributed by atoms with Crippen LogP contribution in [-0.4, -0.2) is 20.9 Å². The minimum Gasteiger partial charge on any atom is -0.337 e. The van der Waals surface area contributed by atoms with Crippen molar-refractivity contribution in [3.8, 4) is 21.1 Å². The number of imidazole rings is 1. The largest absolute Gasteiger partial charge is 0.337 e. The van der Waals surface area contributed by atoms with Crippen LogP contribution in [-0.2, 0) is 6.42 Å². The number of carbonyl (C=O) groups is 1. The summed E-state index contributed by atoms with van der Waals surface area (Å²) >= 11 is 1.75. The normalized spacial score (nSPS) is 11.1. The average Bonchev–Trinajstić information content (AvgIpc) is 3.40. The van der Waals surface area contributed by atoms with Crippen molar-refractivity contribution in [3.63, 3.8) is 0 Å². The highest BCUT2D eigenvalue weighted by Gasteiger charge is 2.20. The standard InChI is InChI=1S/C26H22N4OS/c1-3-19-16(2)23(32-24(19)17-9-5-4-6-10-17)25-29-21-13-7-12-20(22(21)30-25)26(31)28-18-11-8-14-27-15-18/h4-15H,3H2,1-2H3,(H,28,31)(H,29,30). The quantitative estimate of drug-likeness (QED) is 0.330. The van der Waals surface area contributed by atoms with Crippen LogP contribution in [0.1, 0.15) is 28.4 Å². The van der Waals surface area contributed by atoms with E-state index in [-0.39, 0.29) is 5.91 Å². The van der Waals surface area contributed by atoms with Gasteiger partial charge in [0.05, 0.1) is 27.8 Å². The molecular formula is C26H22N4OS. The fourth-order valence-electron chi connectivity index (χ4n) is 3.98. The zero-order valence-electron chi connectivity index (χ0n) is 17.8. The molecule has 2 aromatic carbocycles. The highest BCUT2D eigenvalue weighted by molar-refractivity contribution is 7.19. The molecule has 0 aliphatic heterocycles. The number of amides is 1. The fourth-order valence-corrected chi connectivity index (χ4v) is 5.33. The summed E-state index contributed by atoms with van der Waals surface area (Å²) in [6.45, 7) is 4.34. The Morgan fingerprint density at radius 2 is 1.88 bits per heavy atom. The molecule has 2 N–H and O–H groups in total. The fraction of sp³-hybridized carbons (Fsp3) is 0.115. The van der Waals surface area contributed by atoms with Crippen LogP contribution in [0.15, 0.2) is 73.1 Å². The number of thiophene rings is 1. The number of aromatic amines is 1. The molecule has 158 valence electrons. The third kappa shape index (κ3) is 3.59. The van der Waals surface area contributed by atoms with Crippen LogP contribution in [0.2, 0.25) is 0 Å². The topological polar surface area (TPSA) is 70.7 Å². The maximum Gasteiger partial charge on any atom is 0.257 e. The van der Waals surface area contributed by atoms with Crippen molar-refractivity contribution >= 4 is 34.0 Å². The second kappa shape index (κ2) is 8.40. The minimum absolute atomic E-state index is 0.205. The molecule has 5 aromatic rings. The van der Waals surface area contributed by atoms with E-state index in [4.69, 9.17) is 4.98 Å². The zero-order valence-corrected chi connectivity index (χ0v) is 18.7. The van der Waals surface area contributed by atoms with Gasteiger partial charge in [0.15, 0.2) is 0 Å². The van der Waals surface area contributed by atoms with Crippen LogP contribution < -0.4 is 5.32 Å². The smallest absolute Gasteiger partial charge is 0.257 e. The number of carbonyl (C=O) groups excluding carboxylic acids is 1. The predicted molar refractivity (Wildman–Crippen MR) is 131 cm³/mol. The van der Waals surface area contributed by atoms with Gasteiger partial charge in [0, 0.05) is 11.1 Å². The average molecular weight is 439 g/mol. The molecule has 0 aliphatic rings. The SMILES string of the molecule is CCc1c(-c2ccccc2)sc(-c2nc3c(C(=O)Nc4cccnc4)cccc3[nH]2)c1C. The number of aromatic nitrogens is 3. The van der Waals surface area contributed by atoms with E-state index in [0.29, 0.717) is 16.8 Å². The first-order chi connectivity index (χ1) is 15.7. The van der Waals surface area contributed by atoms with Gasteiger partial charge in [-0.1, -0.05) is 43.3 Å². The Balaban J connectivity index is 1.57. The van der Waals surface area contributed by atoms with Crippen LogP contribution in [0, 0.1) is 6.92 Å². The Morgan fingerprint density at radius 3 is 2.62 bits per heavy atom. The van der Waals surface area contributed by atoms with E-state index in [0.717, 1.165) is 22.6 Å². The number of para-hydroxylation sites is 1. The van der Waals surface area contributed by atoms with E-state index in [1.54, 1.807) is 35.9 Å². The number of rotatable bonds is 5. The molecule has 0 unspecified atom stereocenters. The van der Waals surface area contributed by atoms with Gasteiger partial charge >= 0.3 is 0 Å². The lowest BCUT2D eigenvalue weighted by Gasteiger charge is -2.04. The summed E-state index contributed by atoms with van der Waals surface area (Å²) in [7, 11) is 0. The lowest BCUT2D eigenvalue weighted by atomic mass is 10.0. The van der Waals surface area contributed by atoms with Crippen molar-refractivity contribution in [3.05, 3.63) is 89.7 Å². The van der Waals surface area contributed by atoms with Crippen LogP contribution in [0.5, 0.6) is 0 Å². The maximum absolute atomic E-state index is 12.9. The van der Waals surface area contributed by atoms with E-state index >= 15 is 0 Å². The number of hydrogen-bond donors (Lipinski definition) is 2. The van der Waals surface area contributed by atoms with E-state index in [1.807, 2.05) is 24.3 Å². The highest BCUT2D eigenvalue weighted by atomic mass is 32.1. The third-order valence-corrected chi connectivity index (χ3v) is 6.94. The number of H-pyrrole nitrogens is 1. The van der Waals surface area contributed by atoms with Crippen LogP contribution in [0.25, 0.3) is 32.2 Å². The Morgan fingerprint density at radius 1 is 1.03 bits per heavy atom. The van der Waals surface area contributed by atoms with Crippen molar-refractivity contribution in [2.24, 2.45) is 0 Å². The van der Waals surface area contributed by atoms with Crippen LogP contribution >= 0.6 is 11.3 Å². The monoisotopic (exact) mass is 438 g/mol. The second-order valence-electron chi connectivity index (χ2n) is 7.57. The molecule has 6 heteroatoms. The highest BCUT2D eigenvalue weighted by Crippen LogP contribution is 2.41. The van der Waals surface area contributed by atoms with Gasteiger partial charge in [0.2, 0.25) is 0 Å². The molecule has 0 radical (unpaired) electrons. The molecule has 0 saturated carbocycles. The van der Waals surface area contributed by atoms with E-state index in [2.05, 4.69) is 53.4 Å². The number of anilines is 1. The lowest BCUT2D eigenvalue weighted by molar-refractivity contribution is 0.102. The van der Waals surface area contributed by atoms with Gasteiger partial charge in [0.1, 0.15) is 11.3 Å². The molecule has 1 amide bonds. The van der Waals surface area contributed by atoms with Crippen molar-refractivity contribution in [2.75, 3.05) is 5.32 Å². The number of pyridine rings is 1. The van der Waals surface area contributed by atoms with Gasteiger partial charge in [-0.2, -0.15) is 0 Å². The van der Waals surface area contributed by atoms with Crippen molar-refractivity contribution < 1.29 is 4.79 Å². The maximum atomic E-state index is 12.9. The molecule has 5 rings (SSSR count). The second-order valence-corrected chi connectivity index (χ2v) is 8.59. The summed E-state index contributed by atoms with van der Waals surface area (Å²) in [5.74, 6) is 0.588. The predicted octanol–water partition coefficient (Wildman–Crippen LogP) is 6.48. The third-order valence-electron chi connectivity index (χ3n) is 5.55. The van der Waals surface area contributed by atoms with Gasteiger partial charge in [-0.05, 0) is 54.3 Å². The summed E-state index contributed by atoms with van der Waals surface area (Å²) < 4.78 is 0. The van der Waals surface area contributed by atoms with Gasteiger partial charge < -0.3 is 10.3 Å². The van der Waals surface area contributed by atoms with E-state index < -0.39 is 0 Å². The van der Waals surface area contributed by atoms with Crippen LogP contribution in [0.3, 0.4) is 0 Å². The number of benzene rings is 2. The number of hydrogen-bond acceptors (Lipinski definition) is 4. The van der Waals surface area contributed by atoms with Crippen molar-refractivity contribution in [1.29, 1.82) is 0 Å². The lowest BCUT2D eigenvalue weighted by Crippen LogP contribution is -2.12. The van der Waals surface area contributed by atoms with Gasteiger partial charge in [0.25, 0.3) is 5.91 Å². The number of nitrogens with one attached hydrogen (secondary N) is 2. The van der Waals surface area contributed by atoms with E-state index in [9.17, 15) is 4.79 Å². The Labute approximate surface area is 190 Å².